The van der Waals surface area contributed by atoms with Crippen LogP contribution in [-0.4, -0.2) is 11.2 Å². The number of hydrogen-bond acceptors (Lipinski definition) is 2. The second-order valence-electron chi connectivity index (χ2n) is 4.33. The first-order valence-corrected chi connectivity index (χ1v) is 7.32. The van der Waals surface area contributed by atoms with Crippen molar-refractivity contribution < 1.29 is 46.2 Å². The summed E-state index contributed by atoms with van der Waals surface area (Å²) in [5.74, 6) is 3.64. The van der Waals surface area contributed by atoms with Crippen LogP contribution in [0.15, 0.2) is 23.0 Å². The molecule has 1 aromatic carbocycles. The SMILES string of the molecule is CC#CCOc1cc(F)c(-c2[c-]cc(I)c(=O)n2C)c(F)c1.[Y]. The Kier molecular flexibility index (Phi) is 7.85. The second-order valence-corrected chi connectivity index (χ2v) is 5.49. The van der Waals surface area contributed by atoms with Crippen LogP contribution in [-0.2, 0) is 39.8 Å². The van der Waals surface area contributed by atoms with Gasteiger partial charge in [-0.25, -0.2) is 8.78 Å². The summed E-state index contributed by atoms with van der Waals surface area (Å²) in [7, 11) is 1.44. The van der Waals surface area contributed by atoms with Gasteiger partial charge in [0.2, 0.25) is 5.56 Å². The van der Waals surface area contributed by atoms with Gasteiger partial charge >= 0.3 is 0 Å². The quantitative estimate of drug-likeness (QED) is 0.367. The van der Waals surface area contributed by atoms with Crippen LogP contribution in [0.5, 0.6) is 5.75 Å². The number of benzene rings is 1. The maximum absolute atomic E-state index is 14.2. The molecule has 2 rings (SSSR count). The van der Waals surface area contributed by atoms with Crippen LogP contribution < -0.4 is 10.3 Å². The third-order valence-corrected chi connectivity index (χ3v) is 3.69. The maximum atomic E-state index is 14.2. The standard InChI is InChI=1S/C16H11F2INO2.Y/c1-3-4-7-22-10-8-11(17)15(12(18)9-10)14-6-5-13(19)16(21)20(14)2;/h5,8-9H,7H2,1-2H3;/q-1;. The van der Waals surface area contributed by atoms with Gasteiger partial charge in [-0.2, -0.15) is 12.1 Å². The van der Waals surface area contributed by atoms with Crippen molar-refractivity contribution in [3.63, 3.8) is 0 Å². The topological polar surface area (TPSA) is 31.2 Å². The zero-order valence-electron chi connectivity index (χ0n) is 12.4. The average Bonchev–Trinajstić information content (AvgIpc) is 2.47. The van der Waals surface area contributed by atoms with Crippen LogP contribution in [0, 0.1) is 33.1 Å². The Morgan fingerprint density at radius 2 is 1.96 bits per heavy atom. The molecule has 23 heavy (non-hydrogen) atoms. The van der Waals surface area contributed by atoms with Gasteiger partial charge in [0.1, 0.15) is 12.4 Å². The zero-order valence-corrected chi connectivity index (χ0v) is 17.4. The third kappa shape index (κ3) is 4.62. The molecule has 1 heterocycles. The van der Waals surface area contributed by atoms with Gasteiger partial charge in [0.05, 0.1) is 11.6 Å². The normalized spacial score (nSPS) is 9.61. The van der Waals surface area contributed by atoms with E-state index >= 15 is 0 Å². The van der Waals surface area contributed by atoms with Gasteiger partial charge in [-0.1, -0.05) is 11.6 Å². The summed E-state index contributed by atoms with van der Waals surface area (Å²) in [5.41, 5.74) is -0.614. The number of ether oxygens (including phenoxy) is 1. The number of rotatable bonds is 3. The number of nitrogens with zero attached hydrogens (tertiary/aromatic N) is 1. The predicted molar refractivity (Wildman–Crippen MR) is 87.5 cm³/mol. The molecular weight excluding hydrogens is 492 g/mol. The van der Waals surface area contributed by atoms with Crippen molar-refractivity contribution in [2.24, 2.45) is 7.05 Å². The molecule has 0 saturated carbocycles. The van der Waals surface area contributed by atoms with Crippen LogP contribution in [0.3, 0.4) is 0 Å². The molecule has 0 N–H and O–H groups in total. The molecule has 117 valence electrons. The van der Waals surface area contributed by atoms with Crippen LogP contribution in [0.2, 0.25) is 0 Å². The van der Waals surface area contributed by atoms with Crippen LogP contribution in [0.4, 0.5) is 8.78 Å². The fraction of sp³-hybridized carbons (Fsp3) is 0.188. The minimum Gasteiger partial charge on any atom is -0.481 e. The summed E-state index contributed by atoms with van der Waals surface area (Å²) < 4.78 is 35.2. The third-order valence-electron chi connectivity index (χ3n) is 2.92. The van der Waals surface area contributed by atoms with E-state index in [1.165, 1.54) is 13.1 Å². The molecule has 1 aromatic heterocycles. The monoisotopic (exact) mass is 503 g/mol. The molecule has 3 nitrogen and oxygen atoms in total. The Balaban J connectivity index is 0.00000264. The molecular formula is C16H11F2INO2Y-. The number of halogens is 3. The molecule has 0 saturated heterocycles. The van der Waals surface area contributed by atoms with E-state index in [0.29, 0.717) is 3.57 Å². The number of aromatic nitrogens is 1. The smallest absolute Gasteiger partial charge is 0.207 e. The van der Waals surface area contributed by atoms with Gasteiger partial charge < -0.3 is 9.30 Å². The largest absolute Gasteiger partial charge is 0.481 e. The van der Waals surface area contributed by atoms with E-state index in [0.717, 1.165) is 16.7 Å². The molecule has 0 spiro atoms. The molecule has 1 radical (unpaired) electrons. The van der Waals surface area contributed by atoms with E-state index in [-0.39, 0.29) is 61.9 Å². The summed E-state index contributed by atoms with van der Waals surface area (Å²) in [5, 5.41) is 0. The Labute approximate surface area is 171 Å². The maximum Gasteiger partial charge on any atom is 0.207 e. The minimum absolute atomic E-state index is 0. The van der Waals surface area contributed by atoms with Crippen molar-refractivity contribution in [2.75, 3.05) is 6.61 Å². The Bertz CT molecular complexity index is 817. The van der Waals surface area contributed by atoms with E-state index in [2.05, 4.69) is 17.9 Å². The molecule has 0 aliphatic carbocycles. The van der Waals surface area contributed by atoms with Crippen molar-refractivity contribution in [1.82, 2.24) is 4.57 Å². The summed E-state index contributed by atoms with van der Waals surface area (Å²) in [6.45, 7) is 1.68. The van der Waals surface area contributed by atoms with Crippen LogP contribution >= 0.6 is 22.6 Å². The molecule has 0 unspecified atom stereocenters. The van der Waals surface area contributed by atoms with E-state index in [9.17, 15) is 13.6 Å². The van der Waals surface area contributed by atoms with Gasteiger partial charge in [-0.3, -0.25) is 4.79 Å². The molecule has 0 bridgehead atoms. The van der Waals surface area contributed by atoms with Crippen molar-refractivity contribution in [2.45, 2.75) is 6.92 Å². The fourth-order valence-electron chi connectivity index (χ4n) is 1.84. The van der Waals surface area contributed by atoms with E-state index in [1.54, 1.807) is 6.92 Å². The van der Waals surface area contributed by atoms with Crippen molar-refractivity contribution in [1.29, 1.82) is 0 Å². The van der Waals surface area contributed by atoms with E-state index in [1.807, 2.05) is 22.6 Å². The summed E-state index contributed by atoms with van der Waals surface area (Å²) in [6.07, 6.45) is 0. The van der Waals surface area contributed by atoms with E-state index in [4.69, 9.17) is 4.74 Å². The average molecular weight is 503 g/mol. The van der Waals surface area contributed by atoms with Gasteiger partial charge in [-0.15, -0.1) is 28.5 Å². The van der Waals surface area contributed by atoms with Crippen molar-refractivity contribution in [3.05, 3.63) is 49.8 Å². The summed E-state index contributed by atoms with van der Waals surface area (Å²) >= 11 is 1.84. The van der Waals surface area contributed by atoms with Crippen molar-refractivity contribution in [3.8, 4) is 28.8 Å². The molecule has 0 atom stereocenters. The second kappa shape index (κ2) is 8.90. The van der Waals surface area contributed by atoms with Gasteiger partial charge in [0.15, 0.2) is 0 Å². The molecule has 0 fully saturated rings. The van der Waals surface area contributed by atoms with Crippen molar-refractivity contribution >= 4 is 22.6 Å². The van der Waals surface area contributed by atoms with E-state index < -0.39 is 11.6 Å². The predicted octanol–water partition coefficient (Wildman–Crippen LogP) is 3.13. The van der Waals surface area contributed by atoms with Gasteiger partial charge in [0, 0.05) is 51.9 Å². The van der Waals surface area contributed by atoms with Crippen LogP contribution in [0.25, 0.3) is 11.3 Å². The molecule has 7 heteroatoms. The molecule has 0 aliphatic rings. The van der Waals surface area contributed by atoms with Gasteiger partial charge in [0.25, 0.3) is 0 Å². The number of pyridine rings is 1. The zero-order chi connectivity index (χ0) is 16.3. The number of hydrogen-bond donors (Lipinski definition) is 0. The Hall–Kier alpha value is -0.776. The Morgan fingerprint density at radius 1 is 1.35 bits per heavy atom. The fourth-order valence-corrected chi connectivity index (χ4v) is 2.36. The molecule has 0 aliphatic heterocycles. The molecule has 2 aromatic rings. The minimum atomic E-state index is -0.827. The first kappa shape index (κ1) is 20.3. The first-order valence-electron chi connectivity index (χ1n) is 6.24. The van der Waals surface area contributed by atoms with Crippen LogP contribution in [0.1, 0.15) is 6.92 Å². The summed E-state index contributed by atoms with van der Waals surface area (Å²) in [4.78, 5) is 11.9. The first-order chi connectivity index (χ1) is 10.5. The summed E-state index contributed by atoms with van der Waals surface area (Å²) in [6, 6.07) is 6.25. The Morgan fingerprint density at radius 3 is 2.52 bits per heavy atom. The molecule has 0 amide bonds. The van der Waals surface area contributed by atoms with Gasteiger partial charge in [-0.05, 0) is 16.1 Å².